The summed E-state index contributed by atoms with van der Waals surface area (Å²) < 4.78 is 93.3. The van der Waals surface area contributed by atoms with E-state index in [0.29, 0.717) is 12.8 Å². The summed E-state index contributed by atoms with van der Waals surface area (Å²) in [7, 11) is 0. The van der Waals surface area contributed by atoms with Gasteiger partial charge in [-0.3, -0.25) is 14.4 Å². The fourth-order valence-corrected chi connectivity index (χ4v) is 3.62. The minimum Gasteiger partial charge on any atom is -0.456 e. The van der Waals surface area contributed by atoms with Gasteiger partial charge in [-0.2, -0.15) is 26.3 Å². The second-order valence-corrected chi connectivity index (χ2v) is 8.72. The average molecular weight is 525 g/mol. The van der Waals surface area contributed by atoms with Gasteiger partial charge in [0.2, 0.25) is 5.76 Å². The van der Waals surface area contributed by atoms with Gasteiger partial charge in [-0.1, -0.05) is 18.2 Å². The van der Waals surface area contributed by atoms with Crippen molar-refractivity contribution in [3.63, 3.8) is 0 Å². The van der Waals surface area contributed by atoms with Crippen molar-refractivity contribution in [2.75, 3.05) is 0 Å². The number of Topliss-reactive ketones (excluding diaryl/α,β-unsaturated/α-hetero) is 1. The van der Waals surface area contributed by atoms with Gasteiger partial charge in [0.25, 0.3) is 5.91 Å². The van der Waals surface area contributed by atoms with Crippen molar-refractivity contribution in [3.8, 4) is 0 Å². The van der Waals surface area contributed by atoms with Crippen LogP contribution in [0, 0.1) is 6.92 Å². The van der Waals surface area contributed by atoms with E-state index in [4.69, 9.17) is 0 Å². The van der Waals surface area contributed by atoms with Gasteiger partial charge in [-0.25, -0.2) is 4.39 Å². The third kappa shape index (κ3) is 8.49. The number of aldehydes is 1. The summed E-state index contributed by atoms with van der Waals surface area (Å²) in [5, 5.41) is 2.53. The number of ketones is 1. The van der Waals surface area contributed by atoms with Gasteiger partial charge in [-0.05, 0) is 57.2 Å². The van der Waals surface area contributed by atoms with Crippen LogP contribution in [0.4, 0.5) is 30.7 Å². The second kappa shape index (κ2) is 11.3. The minimum absolute atomic E-state index is 0. The number of aryl methyl sites for hydroxylation is 1. The maximum atomic E-state index is 13.7. The molecule has 0 aliphatic heterocycles. The van der Waals surface area contributed by atoms with Crippen LogP contribution in [0.15, 0.2) is 34.7 Å². The lowest BCUT2D eigenvalue weighted by Crippen LogP contribution is -2.41. The summed E-state index contributed by atoms with van der Waals surface area (Å²) in [6, 6.07) is 5.11. The van der Waals surface area contributed by atoms with Crippen LogP contribution >= 0.6 is 0 Å². The number of furan rings is 1. The van der Waals surface area contributed by atoms with E-state index in [2.05, 4.69) is 9.73 Å². The molecule has 0 saturated heterocycles. The molecule has 36 heavy (non-hydrogen) atoms. The first-order valence-corrected chi connectivity index (χ1v) is 10.8. The number of rotatable bonds is 5. The fraction of sp³-hybridized carbons (Fsp3) is 0.458. The number of carbonyl (C=O) groups is 3. The van der Waals surface area contributed by atoms with Crippen LogP contribution in [0.25, 0.3) is 0 Å². The molecule has 3 rings (SSSR count). The van der Waals surface area contributed by atoms with Gasteiger partial charge in [-0.15, -0.1) is 0 Å². The number of nitrogens with one attached hydrogen (secondary N) is 1. The standard InChI is InChI=1S/C14H17F4NO2.C10H7F3O2.H2/c1-8-7-10(11(21-8)14(16,17)18)12(20)19-9-3-5-13(2,15)6-4-9;11-10(12,13)8-3-1-2-7(4-8)5-9(15)6-14;/h7,9H,3-6H2,1-2H3,(H,19,20);1-4,6H,5H2;1H. The summed E-state index contributed by atoms with van der Waals surface area (Å²) in [4.78, 5) is 32.7. The Morgan fingerprint density at radius 1 is 1.11 bits per heavy atom. The Bertz CT molecular complexity index is 1080. The van der Waals surface area contributed by atoms with Gasteiger partial charge in [0.1, 0.15) is 11.4 Å². The number of halogens is 7. The number of alkyl halides is 7. The average Bonchev–Trinajstić information content (AvgIpc) is 3.18. The molecule has 1 aliphatic carbocycles. The lowest BCUT2D eigenvalue weighted by Gasteiger charge is -2.31. The minimum atomic E-state index is -4.72. The van der Waals surface area contributed by atoms with E-state index in [1.54, 1.807) is 0 Å². The highest BCUT2D eigenvalue weighted by Crippen LogP contribution is 2.35. The zero-order valence-electron chi connectivity index (χ0n) is 19.4. The van der Waals surface area contributed by atoms with Crippen molar-refractivity contribution >= 4 is 18.0 Å². The first-order valence-electron chi connectivity index (χ1n) is 10.8. The molecule has 12 heteroatoms. The van der Waals surface area contributed by atoms with E-state index < -0.39 is 46.6 Å². The van der Waals surface area contributed by atoms with Gasteiger partial charge in [0.05, 0.1) is 11.1 Å². The van der Waals surface area contributed by atoms with Crippen LogP contribution < -0.4 is 5.32 Å². The molecule has 0 atom stereocenters. The Kier molecular flexibility index (Phi) is 9.08. The predicted molar refractivity (Wildman–Crippen MR) is 116 cm³/mol. The van der Waals surface area contributed by atoms with Gasteiger partial charge in [0, 0.05) is 13.9 Å². The Morgan fingerprint density at radius 3 is 2.25 bits per heavy atom. The molecule has 1 saturated carbocycles. The molecule has 1 amide bonds. The third-order valence-electron chi connectivity index (χ3n) is 5.48. The normalized spacial score (nSPS) is 20.2. The second-order valence-electron chi connectivity index (χ2n) is 8.72. The molecule has 1 aliphatic rings. The van der Waals surface area contributed by atoms with Crippen molar-refractivity contribution in [1.29, 1.82) is 0 Å². The number of benzene rings is 1. The summed E-state index contributed by atoms with van der Waals surface area (Å²) in [6.45, 7) is 2.84. The number of carbonyl (C=O) groups excluding carboxylic acids is 3. The van der Waals surface area contributed by atoms with Crippen LogP contribution in [0.2, 0.25) is 0 Å². The molecule has 1 aromatic carbocycles. The molecule has 1 heterocycles. The smallest absolute Gasteiger partial charge is 0.450 e. The summed E-state index contributed by atoms with van der Waals surface area (Å²) in [5.41, 5.74) is -2.42. The van der Waals surface area contributed by atoms with E-state index in [1.165, 1.54) is 26.0 Å². The summed E-state index contributed by atoms with van der Waals surface area (Å²) >= 11 is 0. The molecule has 0 spiro atoms. The monoisotopic (exact) mass is 525 g/mol. The number of hydrogen-bond donors (Lipinski definition) is 1. The maximum Gasteiger partial charge on any atom is 0.450 e. The van der Waals surface area contributed by atoms with E-state index in [9.17, 15) is 45.1 Å². The first-order chi connectivity index (χ1) is 16.5. The lowest BCUT2D eigenvalue weighted by atomic mass is 9.85. The highest BCUT2D eigenvalue weighted by Gasteiger charge is 2.40. The van der Waals surface area contributed by atoms with Crippen LogP contribution in [-0.2, 0) is 28.4 Å². The number of hydrogen-bond acceptors (Lipinski definition) is 4. The SMILES string of the molecule is Cc1cc(C(=O)NC2CCC(C)(F)CC2)c(C(F)(F)F)o1.O=CC(=O)Cc1cccc(C(F)(F)F)c1.[HH]. The molecule has 5 nitrogen and oxygen atoms in total. The van der Waals surface area contributed by atoms with E-state index in [-0.39, 0.29) is 44.3 Å². The van der Waals surface area contributed by atoms with Gasteiger partial charge < -0.3 is 9.73 Å². The highest BCUT2D eigenvalue weighted by molar-refractivity contribution is 6.25. The van der Waals surface area contributed by atoms with Gasteiger partial charge in [0.15, 0.2) is 12.1 Å². The predicted octanol–water partition coefficient (Wildman–Crippen LogP) is 6.27. The molecular formula is C24H26F7NO4. The molecular weight excluding hydrogens is 499 g/mol. The molecule has 2 aromatic rings. The molecule has 1 aromatic heterocycles. The van der Waals surface area contributed by atoms with Crippen LogP contribution in [0.5, 0.6) is 0 Å². The quantitative estimate of drug-likeness (QED) is 0.284. The van der Waals surface area contributed by atoms with Crippen LogP contribution in [0.3, 0.4) is 0 Å². The molecule has 0 radical (unpaired) electrons. The molecule has 200 valence electrons. The largest absolute Gasteiger partial charge is 0.456 e. The van der Waals surface area contributed by atoms with Crippen molar-refractivity contribution in [2.24, 2.45) is 0 Å². The fourth-order valence-electron chi connectivity index (χ4n) is 3.62. The maximum absolute atomic E-state index is 13.7. The van der Waals surface area contributed by atoms with Crippen LogP contribution in [0.1, 0.15) is 67.0 Å². The lowest BCUT2D eigenvalue weighted by molar-refractivity contribution is -0.153. The molecule has 1 fully saturated rings. The molecule has 1 N–H and O–H groups in total. The summed E-state index contributed by atoms with van der Waals surface area (Å²) in [5.74, 6) is -2.84. The van der Waals surface area contributed by atoms with Crippen molar-refractivity contribution < 1.29 is 51.0 Å². The summed E-state index contributed by atoms with van der Waals surface area (Å²) in [6.07, 6.45) is -7.95. The van der Waals surface area contributed by atoms with E-state index >= 15 is 0 Å². The zero-order valence-corrected chi connectivity index (χ0v) is 19.4. The van der Waals surface area contributed by atoms with E-state index in [0.717, 1.165) is 18.2 Å². The first kappa shape index (κ1) is 29.1. The Labute approximate surface area is 203 Å². The Balaban J connectivity index is 0.000000381. The molecule has 0 unspecified atom stereocenters. The molecule has 0 bridgehead atoms. The van der Waals surface area contributed by atoms with E-state index in [1.807, 2.05) is 0 Å². The van der Waals surface area contributed by atoms with Crippen molar-refractivity contribution in [1.82, 2.24) is 5.32 Å². The number of amides is 1. The highest BCUT2D eigenvalue weighted by atomic mass is 19.4. The Hall–Kier alpha value is -3.18. The van der Waals surface area contributed by atoms with Gasteiger partial charge >= 0.3 is 12.4 Å². The van der Waals surface area contributed by atoms with Crippen molar-refractivity contribution in [2.45, 2.75) is 70.0 Å². The van der Waals surface area contributed by atoms with Crippen LogP contribution in [-0.4, -0.2) is 29.7 Å². The zero-order chi connectivity index (χ0) is 27.3. The topological polar surface area (TPSA) is 76.4 Å². The Morgan fingerprint density at radius 2 is 1.72 bits per heavy atom. The third-order valence-corrected chi connectivity index (χ3v) is 5.48. The van der Waals surface area contributed by atoms with Crippen molar-refractivity contribution in [3.05, 3.63) is 58.5 Å².